The largest absolute Gasteiger partial charge is 0.334 e. The van der Waals surface area contributed by atoms with E-state index in [-0.39, 0.29) is 18.1 Å². The summed E-state index contributed by atoms with van der Waals surface area (Å²) in [7, 11) is 0. The number of hydrogen-bond donors (Lipinski definition) is 2. The van der Waals surface area contributed by atoms with Gasteiger partial charge in [0.25, 0.3) is 0 Å². The first kappa shape index (κ1) is 24.2. The number of aromatic nitrogens is 3. The van der Waals surface area contributed by atoms with E-state index in [0.717, 1.165) is 16.7 Å². The highest BCUT2D eigenvalue weighted by molar-refractivity contribution is 7.99. The van der Waals surface area contributed by atoms with Crippen LogP contribution in [-0.4, -0.2) is 32.5 Å². The molecule has 35 heavy (non-hydrogen) atoms. The maximum absolute atomic E-state index is 13.4. The lowest BCUT2D eigenvalue weighted by Gasteiger charge is -2.11. The molecule has 1 aromatic heterocycles. The molecule has 0 aliphatic carbocycles. The molecule has 7 nitrogen and oxygen atoms in total. The number of thioether (sulfide) groups is 1. The molecule has 0 fully saturated rings. The van der Waals surface area contributed by atoms with Crippen molar-refractivity contribution < 1.29 is 14.0 Å². The zero-order chi connectivity index (χ0) is 24.5. The minimum atomic E-state index is -0.533. The monoisotopic (exact) mass is 489 g/mol. The molecule has 3 aromatic carbocycles. The number of benzene rings is 3. The normalized spacial score (nSPS) is 10.7. The van der Waals surface area contributed by atoms with E-state index in [1.165, 1.54) is 23.9 Å². The average molecular weight is 490 g/mol. The lowest BCUT2D eigenvalue weighted by molar-refractivity contribution is -0.119. The summed E-state index contributed by atoms with van der Waals surface area (Å²) in [5.74, 6) is 0.321. The fourth-order valence-corrected chi connectivity index (χ4v) is 4.24. The van der Waals surface area contributed by atoms with E-state index in [9.17, 15) is 14.0 Å². The van der Waals surface area contributed by atoms with Crippen molar-refractivity contribution in [2.75, 3.05) is 5.75 Å². The van der Waals surface area contributed by atoms with Crippen LogP contribution in [0.5, 0.6) is 0 Å². The molecule has 4 aromatic rings. The predicted molar refractivity (Wildman–Crippen MR) is 133 cm³/mol. The number of hydrogen-bond acceptors (Lipinski definition) is 5. The highest BCUT2D eigenvalue weighted by atomic mass is 32.2. The van der Waals surface area contributed by atoms with Crippen LogP contribution in [0, 0.1) is 5.82 Å². The first-order chi connectivity index (χ1) is 17.1. The third-order valence-corrected chi connectivity index (χ3v) is 6.08. The number of amides is 3. The van der Waals surface area contributed by atoms with E-state index in [4.69, 9.17) is 0 Å². The Morgan fingerprint density at radius 3 is 2.20 bits per heavy atom. The number of carbonyl (C=O) groups is 2. The Balaban J connectivity index is 1.36. The van der Waals surface area contributed by atoms with Crippen LogP contribution in [0.4, 0.5) is 9.18 Å². The van der Waals surface area contributed by atoms with Crippen LogP contribution >= 0.6 is 11.8 Å². The lowest BCUT2D eigenvalue weighted by atomic mass is 10.2. The standard InChI is InChI=1S/C26H24FN5O2S/c27-22-13-11-21(12-14-22)24-30-31-26(32(24)18-20-9-5-2-6-10-20)35-16-15-23(33)29-25(34)28-17-19-7-3-1-4-8-19/h1-14H,15-18H2,(H2,28,29,33,34). The number of nitrogens with one attached hydrogen (secondary N) is 2. The van der Waals surface area contributed by atoms with Crippen LogP contribution in [0.3, 0.4) is 0 Å². The van der Waals surface area contributed by atoms with Gasteiger partial charge in [0.1, 0.15) is 5.82 Å². The molecule has 0 radical (unpaired) electrons. The zero-order valence-electron chi connectivity index (χ0n) is 18.9. The summed E-state index contributed by atoms with van der Waals surface area (Å²) >= 11 is 1.37. The molecular weight excluding hydrogens is 465 g/mol. The van der Waals surface area contributed by atoms with E-state index in [2.05, 4.69) is 20.8 Å². The van der Waals surface area contributed by atoms with E-state index in [1.807, 2.05) is 65.2 Å². The summed E-state index contributed by atoms with van der Waals surface area (Å²) in [4.78, 5) is 24.2. The minimum Gasteiger partial charge on any atom is -0.334 e. The van der Waals surface area contributed by atoms with Gasteiger partial charge < -0.3 is 5.32 Å². The second-order valence-corrected chi connectivity index (χ2v) is 8.76. The van der Waals surface area contributed by atoms with E-state index >= 15 is 0 Å². The van der Waals surface area contributed by atoms with Crippen molar-refractivity contribution in [3.8, 4) is 11.4 Å². The molecule has 2 N–H and O–H groups in total. The molecule has 4 rings (SSSR count). The first-order valence-corrected chi connectivity index (χ1v) is 12.0. The van der Waals surface area contributed by atoms with Gasteiger partial charge in [-0.2, -0.15) is 0 Å². The molecule has 3 amide bonds. The second-order valence-electron chi connectivity index (χ2n) is 7.70. The average Bonchev–Trinajstić information content (AvgIpc) is 3.26. The molecule has 9 heteroatoms. The highest BCUT2D eigenvalue weighted by Crippen LogP contribution is 2.26. The van der Waals surface area contributed by atoms with Gasteiger partial charge in [0.15, 0.2) is 11.0 Å². The number of imide groups is 1. The van der Waals surface area contributed by atoms with Crippen LogP contribution in [0.15, 0.2) is 90.1 Å². The van der Waals surface area contributed by atoms with E-state index in [1.54, 1.807) is 12.1 Å². The summed E-state index contributed by atoms with van der Waals surface area (Å²) < 4.78 is 15.4. The summed E-state index contributed by atoms with van der Waals surface area (Å²) in [6.45, 7) is 0.862. The Bertz CT molecular complexity index is 1260. The quantitative estimate of drug-likeness (QED) is 0.335. The van der Waals surface area contributed by atoms with Gasteiger partial charge in [0, 0.05) is 24.3 Å². The van der Waals surface area contributed by atoms with Crippen molar-refractivity contribution in [2.24, 2.45) is 0 Å². The maximum Gasteiger partial charge on any atom is 0.321 e. The third-order valence-electron chi connectivity index (χ3n) is 5.11. The molecule has 0 saturated carbocycles. The van der Waals surface area contributed by atoms with Gasteiger partial charge in [0.05, 0.1) is 6.54 Å². The number of carbonyl (C=O) groups excluding carboxylic acids is 2. The number of halogens is 1. The van der Waals surface area contributed by atoms with Gasteiger partial charge in [-0.25, -0.2) is 9.18 Å². The van der Waals surface area contributed by atoms with Crippen molar-refractivity contribution in [3.05, 3.63) is 102 Å². The maximum atomic E-state index is 13.4. The lowest BCUT2D eigenvalue weighted by Crippen LogP contribution is -2.39. The molecule has 0 bridgehead atoms. The molecule has 0 aliphatic heterocycles. The molecule has 0 unspecified atom stereocenters. The van der Waals surface area contributed by atoms with Gasteiger partial charge >= 0.3 is 6.03 Å². The number of urea groups is 1. The fourth-order valence-electron chi connectivity index (χ4n) is 3.36. The third kappa shape index (κ3) is 7.00. The summed E-state index contributed by atoms with van der Waals surface area (Å²) in [6, 6.07) is 24.9. The molecule has 0 saturated heterocycles. The Morgan fingerprint density at radius 2 is 1.51 bits per heavy atom. The van der Waals surface area contributed by atoms with Crippen molar-refractivity contribution in [1.82, 2.24) is 25.4 Å². The van der Waals surface area contributed by atoms with Crippen molar-refractivity contribution in [2.45, 2.75) is 24.7 Å². The van der Waals surface area contributed by atoms with Gasteiger partial charge in [-0.05, 0) is 35.4 Å². The summed E-state index contributed by atoms with van der Waals surface area (Å²) in [6.07, 6.45) is 0.132. The Kier molecular flexibility index (Phi) is 8.24. The Morgan fingerprint density at radius 1 is 0.857 bits per heavy atom. The van der Waals surface area contributed by atoms with Crippen LogP contribution < -0.4 is 10.6 Å². The van der Waals surface area contributed by atoms with E-state index in [0.29, 0.717) is 29.8 Å². The minimum absolute atomic E-state index is 0.132. The number of nitrogens with zero attached hydrogens (tertiary/aromatic N) is 3. The molecule has 0 aliphatic rings. The SMILES string of the molecule is O=C(CCSc1nnc(-c2ccc(F)cc2)n1Cc1ccccc1)NC(=O)NCc1ccccc1. The highest BCUT2D eigenvalue weighted by Gasteiger charge is 2.16. The second kappa shape index (κ2) is 11.9. The van der Waals surface area contributed by atoms with Crippen molar-refractivity contribution in [3.63, 3.8) is 0 Å². The van der Waals surface area contributed by atoms with Crippen LogP contribution in [-0.2, 0) is 17.9 Å². The van der Waals surface area contributed by atoms with Crippen LogP contribution in [0.2, 0.25) is 0 Å². The Labute approximate surface area is 206 Å². The van der Waals surface area contributed by atoms with Crippen LogP contribution in [0.25, 0.3) is 11.4 Å². The summed E-state index contributed by atoms with van der Waals surface area (Å²) in [5.41, 5.74) is 2.75. The topological polar surface area (TPSA) is 88.9 Å². The molecular formula is C26H24FN5O2S. The van der Waals surface area contributed by atoms with Crippen LogP contribution in [0.1, 0.15) is 17.5 Å². The van der Waals surface area contributed by atoms with Crippen molar-refractivity contribution >= 4 is 23.7 Å². The number of rotatable bonds is 9. The molecule has 1 heterocycles. The fraction of sp³-hybridized carbons (Fsp3) is 0.154. The van der Waals surface area contributed by atoms with Gasteiger partial charge in [-0.15, -0.1) is 10.2 Å². The predicted octanol–water partition coefficient (Wildman–Crippen LogP) is 4.64. The van der Waals surface area contributed by atoms with E-state index < -0.39 is 6.03 Å². The van der Waals surface area contributed by atoms with Crippen molar-refractivity contribution in [1.29, 1.82) is 0 Å². The Hall–Kier alpha value is -3.98. The van der Waals surface area contributed by atoms with Gasteiger partial charge in [-0.3, -0.25) is 14.7 Å². The first-order valence-electron chi connectivity index (χ1n) is 11.1. The molecule has 0 spiro atoms. The van der Waals surface area contributed by atoms with Gasteiger partial charge in [0.2, 0.25) is 5.91 Å². The summed E-state index contributed by atoms with van der Waals surface area (Å²) in [5, 5.41) is 14.3. The molecule has 178 valence electrons. The van der Waals surface area contributed by atoms with Gasteiger partial charge in [-0.1, -0.05) is 72.4 Å². The molecule has 0 atom stereocenters. The smallest absolute Gasteiger partial charge is 0.321 e. The zero-order valence-corrected chi connectivity index (χ0v) is 19.7.